The molecule has 0 spiro atoms. The van der Waals surface area contributed by atoms with E-state index in [1.165, 1.54) is 5.56 Å². The molecule has 1 N–H and O–H groups in total. The van der Waals surface area contributed by atoms with Crippen LogP contribution in [0.2, 0.25) is 0 Å². The zero-order valence-electron chi connectivity index (χ0n) is 16.4. The third-order valence-electron chi connectivity index (χ3n) is 6.37. The van der Waals surface area contributed by atoms with E-state index in [0.717, 1.165) is 51.1 Å². The Labute approximate surface area is 161 Å². The molecule has 1 aromatic carbocycles. The van der Waals surface area contributed by atoms with Gasteiger partial charge in [0.15, 0.2) is 0 Å². The number of hydrogen-bond acceptors (Lipinski definition) is 4. The lowest BCUT2D eigenvalue weighted by molar-refractivity contribution is -0.149. The lowest BCUT2D eigenvalue weighted by Crippen LogP contribution is -2.63. The highest BCUT2D eigenvalue weighted by molar-refractivity contribution is 5.95. The predicted molar refractivity (Wildman–Crippen MR) is 105 cm³/mol. The number of nitrogens with one attached hydrogen (secondary N) is 1. The molecule has 2 amide bonds. The first kappa shape index (κ1) is 18.4. The third-order valence-corrected chi connectivity index (χ3v) is 6.37. The van der Waals surface area contributed by atoms with Crippen molar-refractivity contribution in [3.63, 3.8) is 0 Å². The summed E-state index contributed by atoms with van der Waals surface area (Å²) in [5.41, 5.74) is 1.89. The van der Waals surface area contributed by atoms with Crippen molar-refractivity contribution in [1.29, 1.82) is 0 Å². The summed E-state index contributed by atoms with van der Waals surface area (Å²) in [7, 11) is 2.08. The monoisotopic (exact) mass is 370 g/mol. The SMILES string of the molecule is Cc1ccc(C2(C(=O)N3CCNCC3C(=O)N3CCN(C)CC3)CC2)cc1. The third kappa shape index (κ3) is 3.48. The van der Waals surface area contributed by atoms with Crippen molar-refractivity contribution in [2.45, 2.75) is 31.2 Å². The molecule has 2 heterocycles. The Kier molecular flexibility index (Phi) is 4.95. The molecule has 0 bridgehead atoms. The Bertz CT molecular complexity index is 705. The highest BCUT2D eigenvalue weighted by atomic mass is 16.2. The molecule has 146 valence electrons. The van der Waals surface area contributed by atoms with Crippen molar-refractivity contribution in [1.82, 2.24) is 20.0 Å². The Balaban J connectivity index is 1.53. The van der Waals surface area contributed by atoms with Gasteiger partial charge in [0, 0.05) is 45.8 Å². The number of rotatable bonds is 3. The van der Waals surface area contributed by atoms with E-state index in [0.29, 0.717) is 13.1 Å². The minimum Gasteiger partial charge on any atom is -0.338 e. The van der Waals surface area contributed by atoms with Gasteiger partial charge in [0.05, 0.1) is 5.41 Å². The standard InChI is InChI=1S/C21H30N4O2/c1-16-3-5-17(6-4-16)21(7-8-21)20(27)25-10-9-22-15-18(25)19(26)24-13-11-23(2)12-14-24/h3-6,18,22H,7-15H2,1-2H3. The van der Waals surface area contributed by atoms with Gasteiger partial charge in [0.1, 0.15) is 6.04 Å². The zero-order valence-corrected chi connectivity index (χ0v) is 16.4. The molecule has 1 aromatic rings. The molecule has 1 atom stereocenters. The Morgan fingerprint density at radius 3 is 2.33 bits per heavy atom. The number of carbonyl (C=O) groups excluding carboxylic acids is 2. The van der Waals surface area contributed by atoms with Gasteiger partial charge >= 0.3 is 0 Å². The quantitative estimate of drug-likeness (QED) is 0.847. The summed E-state index contributed by atoms with van der Waals surface area (Å²) in [6.45, 7) is 7.26. The minimum absolute atomic E-state index is 0.100. The summed E-state index contributed by atoms with van der Waals surface area (Å²) in [5, 5.41) is 3.32. The highest BCUT2D eigenvalue weighted by Gasteiger charge is 2.54. The van der Waals surface area contributed by atoms with Crippen molar-refractivity contribution in [3.05, 3.63) is 35.4 Å². The molecule has 4 rings (SSSR count). The summed E-state index contributed by atoms with van der Waals surface area (Å²) in [4.78, 5) is 32.8. The van der Waals surface area contributed by atoms with E-state index in [1.807, 2.05) is 9.80 Å². The molecule has 0 aromatic heterocycles. The fourth-order valence-electron chi connectivity index (χ4n) is 4.30. The number of aryl methyl sites for hydroxylation is 1. The van der Waals surface area contributed by atoms with Gasteiger partial charge in [-0.2, -0.15) is 0 Å². The van der Waals surface area contributed by atoms with E-state index in [9.17, 15) is 9.59 Å². The number of likely N-dealkylation sites (N-methyl/N-ethyl adjacent to an activating group) is 1. The van der Waals surface area contributed by atoms with Crippen LogP contribution in [0.15, 0.2) is 24.3 Å². The van der Waals surface area contributed by atoms with E-state index < -0.39 is 5.41 Å². The average Bonchev–Trinajstić information content (AvgIpc) is 3.50. The topological polar surface area (TPSA) is 55.9 Å². The van der Waals surface area contributed by atoms with Crippen LogP contribution >= 0.6 is 0 Å². The van der Waals surface area contributed by atoms with Gasteiger partial charge in [0.2, 0.25) is 11.8 Å². The summed E-state index contributed by atoms with van der Waals surface area (Å²) < 4.78 is 0. The van der Waals surface area contributed by atoms with Crippen molar-refractivity contribution >= 4 is 11.8 Å². The Hall–Kier alpha value is -1.92. The Morgan fingerprint density at radius 2 is 1.70 bits per heavy atom. The number of amides is 2. The normalized spacial score (nSPS) is 25.3. The van der Waals surface area contributed by atoms with Crippen LogP contribution in [0.5, 0.6) is 0 Å². The largest absolute Gasteiger partial charge is 0.338 e. The van der Waals surface area contributed by atoms with Gasteiger partial charge in [0.25, 0.3) is 0 Å². The van der Waals surface area contributed by atoms with Gasteiger partial charge in [-0.15, -0.1) is 0 Å². The average molecular weight is 370 g/mol. The summed E-state index contributed by atoms with van der Waals surface area (Å²) in [6.07, 6.45) is 1.77. The van der Waals surface area contributed by atoms with Crippen LogP contribution in [0.3, 0.4) is 0 Å². The molecule has 0 radical (unpaired) electrons. The fourth-order valence-corrected chi connectivity index (χ4v) is 4.30. The predicted octanol–water partition coefficient (Wildman–Crippen LogP) is 0.601. The molecule has 6 heteroatoms. The zero-order chi connectivity index (χ0) is 19.0. The number of benzene rings is 1. The van der Waals surface area contributed by atoms with Crippen molar-refractivity contribution in [2.75, 3.05) is 52.9 Å². The van der Waals surface area contributed by atoms with E-state index in [2.05, 4.69) is 48.5 Å². The van der Waals surface area contributed by atoms with Crippen LogP contribution in [0.25, 0.3) is 0 Å². The van der Waals surface area contributed by atoms with Crippen LogP contribution in [-0.2, 0) is 15.0 Å². The molecule has 6 nitrogen and oxygen atoms in total. The van der Waals surface area contributed by atoms with E-state index >= 15 is 0 Å². The maximum atomic E-state index is 13.5. The van der Waals surface area contributed by atoms with Gasteiger partial charge in [-0.1, -0.05) is 29.8 Å². The molecule has 3 fully saturated rings. The summed E-state index contributed by atoms with van der Waals surface area (Å²) in [6, 6.07) is 7.94. The molecular formula is C21H30N4O2. The maximum absolute atomic E-state index is 13.5. The van der Waals surface area contributed by atoms with Crippen LogP contribution in [0, 0.1) is 6.92 Å². The molecule has 3 aliphatic rings. The Morgan fingerprint density at radius 1 is 1.04 bits per heavy atom. The van der Waals surface area contributed by atoms with E-state index in [1.54, 1.807) is 0 Å². The highest BCUT2D eigenvalue weighted by Crippen LogP contribution is 2.50. The first-order chi connectivity index (χ1) is 13.0. The van der Waals surface area contributed by atoms with Crippen LogP contribution in [0.4, 0.5) is 0 Å². The van der Waals surface area contributed by atoms with Crippen molar-refractivity contribution < 1.29 is 9.59 Å². The van der Waals surface area contributed by atoms with Gasteiger partial charge < -0.3 is 20.0 Å². The molecule has 1 aliphatic carbocycles. The van der Waals surface area contributed by atoms with E-state index in [-0.39, 0.29) is 17.9 Å². The molecule has 2 aliphatic heterocycles. The first-order valence-corrected chi connectivity index (χ1v) is 10.1. The van der Waals surface area contributed by atoms with Crippen LogP contribution in [0.1, 0.15) is 24.0 Å². The molecule has 1 unspecified atom stereocenters. The maximum Gasteiger partial charge on any atom is 0.246 e. The smallest absolute Gasteiger partial charge is 0.246 e. The molecule has 1 saturated carbocycles. The summed E-state index contributed by atoms with van der Waals surface area (Å²) in [5.74, 6) is 0.240. The number of nitrogens with zero attached hydrogens (tertiary/aromatic N) is 3. The molecule has 2 saturated heterocycles. The van der Waals surface area contributed by atoms with Gasteiger partial charge in [-0.3, -0.25) is 9.59 Å². The van der Waals surface area contributed by atoms with Crippen LogP contribution < -0.4 is 5.32 Å². The second-order valence-corrected chi connectivity index (χ2v) is 8.30. The van der Waals surface area contributed by atoms with E-state index in [4.69, 9.17) is 0 Å². The van der Waals surface area contributed by atoms with Crippen LogP contribution in [-0.4, -0.2) is 85.4 Å². The second kappa shape index (κ2) is 7.24. The lowest BCUT2D eigenvalue weighted by Gasteiger charge is -2.41. The lowest BCUT2D eigenvalue weighted by atomic mass is 9.92. The van der Waals surface area contributed by atoms with Crippen molar-refractivity contribution in [2.24, 2.45) is 0 Å². The van der Waals surface area contributed by atoms with Gasteiger partial charge in [-0.05, 0) is 32.4 Å². The number of hydrogen-bond donors (Lipinski definition) is 1. The number of piperazine rings is 2. The summed E-state index contributed by atoms with van der Waals surface area (Å²) >= 11 is 0. The minimum atomic E-state index is -0.411. The number of carbonyl (C=O) groups is 2. The molecular weight excluding hydrogens is 340 g/mol. The fraction of sp³-hybridized carbons (Fsp3) is 0.619. The molecule has 27 heavy (non-hydrogen) atoms. The van der Waals surface area contributed by atoms with Gasteiger partial charge in [-0.25, -0.2) is 0 Å². The first-order valence-electron chi connectivity index (χ1n) is 10.1. The van der Waals surface area contributed by atoms with Crippen molar-refractivity contribution in [3.8, 4) is 0 Å². The second-order valence-electron chi connectivity index (χ2n) is 8.30.